The number of carbonyl (C=O) groups is 1. The van der Waals surface area contributed by atoms with Crippen molar-refractivity contribution >= 4 is 33.5 Å². The predicted molar refractivity (Wildman–Crippen MR) is 112 cm³/mol. The molecule has 6 heteroatoms. The summed E-state index contributed by atoms with van der Waals surface area (Å²) in [5.41, 5.74) is 2.39. The summed E-state index contributed by atoms with van der Waals surface area (Å²) in [5.74, 6) is 0.817. The lowest BCUT2D eigenvalue weighted by atomic mass is 10.1. The minimum Gasteiger partial charge on any atom is -0.495 e. The van der Waals surface area contributed by atoms with Crippen molar-refractivity contribution in [3.05, 3.63) is 36.4 Å². The first-order valence-electron chi connectivity index (χ1n) is 9.87. The lowest BCUT2D eigenvalue weighted by molar-refractivity contribution is -0.133. The number of hydrogen-bond acceptors (Lipinski definition) is 5. The van der Waals surface area contributed by atoms with Crippen LogP contribution in [0.4, 0.5) is 5.69 Å². The number of amides is 1. The van der Waals surface area contributed by atoms with Crippen molar-refractivity contribution in [2.75, 3.05) is 45.2 Å². The second-order valence-corrected chi connectivity index (χ2v) is 7.27. The maximum Gasteiger partial charge on any atom is 0.244 e. The van der Waals surface area contributed by atoms with Crippen LogP contribution in [-0.2, 0) is 4.79 Å². The highest BCUT2D eigenvalue weighted by molar-refractivity contribution is 6.06. The Kier molecular flexibility index (Phi) is 5.13. The van der Waals surface area contributed by atoms with Gasteiger partial charge in [-0.05, 0) is 25.6 Å². The molecule has 2 aromatic carbocycles. The third kappa shape index (κ3) is 3.40. The molecule has 28 heavy (non-hydrogen) atoms. The molecule has 0 bridgehead atoms. The van der Waals surface area contributed by atoms with E-state index < -0.39 is 0 Å². The van der Waals surface area contributed by atoms with Gasteiger partial charge < -0.3 is 24.3 Å². The van der Waals surface area contributed by atoms with Crippen LogP contribution in [0.2, 0.25) is 0 Å². The Labute approximate surface area is 165 Å². The molecule has 1 saturated heterocycles. The minimum absolute atomic E-state index is 0.113. The SMILES string of the molecule is CCN1CCN(C(=O)[C@H](C)Nc2cc3oc4ccccc4c3cc2OC)CC1. The number of anilines is 1. The number of nitrogens with one attached hydrogen (secondary N) is 1. The van der Waals surface area contributed by atoms with Gasteiger partial charge in [0, 0.05) is 43.0 Å². The Morgan fingerprint density at radius 1 is 1.14 bits per heavy atom. The van der Waals surface area contributed by atoms with Crippen molar-refractivity contribution in [2.45, 2.75) is 19.9 Å². The smallest absolute Gasteiger partial charge is 0.244 e. The lowest BCUT2D eigenvalue weighted by Gasteiger charge is -2.35. The highest BCUT2D eigenvalue weighted by atomic mass is 16.5. The topological polar surface area (TPSA) is 58.0 Å². The number of furan rings is 1. The molecule has 1 aliphatic rings. The molecule has 1 aliphatic heterocycles. The van der Waals surface area contributed by atoms with E-state index in [2.05, 4.69) is 17.1 Å². The van der Waals surface area contributed by atoms with Crippen LogP contribution in [0.1, 0.15) is 13.8 Å². The molecule has 1 fully saturated rings. The number of likely N-dealkylation sites (N-methyl/N-ethyl adjacent to an activating group) is 1. The molecule has 0 spiro atoms. The second-order valence-electron chi connectivity index (χ2n) is 7.27. The van der Waals surface area contributed by atoms with Crippen LogP contribution in [0.3, 0.4) is 0 Å². The number of piperazine rings is 1. The Morgan fingerprint density at radius 2 is 1.89 bits per heavy atom. The fourth-order valence-corrected chi connectivity index (χ4v) is 3.89. The summed E-state index contributed by atoms with van der Waals surface area (Å²) in [5, 5.41) is 5.39. The van der Waals surface area contributed by atoms with Gasteiger partial charge in [-0.25, -0.2) is 0 Å². The van der Waals surface area contributed by atoms with E-state index in [0.29, 0.717) is 5.75 Å². The zero-order chi connectivity index (χ0) is 19.7. The fourth-order valence-electron chi connectivity index (χ4n) is 3.89. The molecule has 1 atom stereocenters. The largest absolute Gasteiger partial charge is 0.495 e. The van der Waals surface area contributed by atoms with E-state index in [1.165, 1.54) is 0 Å². The predicted octanol–water partition coefficient (Wildman–Crippen LogP) is 3.56. The van der Waals surface area contributed by atoms with Crippen molar-refractivity contribution in [3.8, 4) is 5.75 Å². The average Bonchev–Trinajstić information content (AvgIpc) is 3.10. The van der Waals surface area contributed by atoms with Gasteiger partial charge in [-0.2, -0.15) is 0 Å². The van der Waals surface area contributed by atoms with E-state index in [4.69, 9.17) is 9.15 Å². The number of ether oxygens (including phenoxy) is 1. The molecule has 1 N–H and O–H groups in total. The van der Waals surface area contributed by atoms with Gasteiger partial charge in [-0.1, -0.05) is 25.1 Å². The quantitative estimate of drug-likeness (QED) is 0.732. The molecule has 0 unspecified atom stereocenters. The highest BCUT2D eigenvalue weighted by Crippen LogP contribution is 2.36. The standard InChI is InChI=1S/C22H27N3O3/c1-4-24-9-11-25(12-10-24)22(26)15(2)23-18-14-20-17(13-21(18)27-3)16-7-5-6-8-19(16)28-20/h5-8,13-15,23H,4,9-12H2,1-3H3/t15-/m0/s1. The molecule has 0 aliphatic carbocycles. The van der Waals surface area contributed by atoms with E-state index in [9.17, 15) is 4.79 Å². The monoisotopic (exact) mass is 381 g/mol. The number of hydrogen-bond donors (Lipinski definition) is 1. The molecule has 0 saturated carbocycles. The summed E-state index contributed by atoms with van der Waals surface area (Å²) >= 11 is 0. The Balaban J connectivity index is 1.56. The molecule has 148 valence electrons. The van der Waals surface area contributed by atoms with Crippen LogP contribution in [-0.4, -0.2) is 61.6 Å². The Morgan fingerprint density at radius 3 is 2.61 bits per heavy atom. The van der Waals surface area contributed by atoms with Crippen molar-refractivity contribution in [1.82, 2.24) is 9.80 Å². The van der Waals surface area contributed by atoms with Gasteiger partial charge >= 0.3 is 0 Å². The van der Waals surface area contributed by atoms with Crippen LogP contribution in [0.15, 0.2) is 40.8 Å². The van der Waals surface area contributed by atoms with Gasteiger partial charge in [-0.3, -0.25) is 4.79 Å². The molecular formula is C22H27N3O3. The van der Waals surface area contributed by atoms with E-state index in [0.717, 1.165) is 60.3 Å². The molecular weight excluding hydrogens is 354 g/mol. The zero-order valence-corrected chi connectivity index (χ0v) is 16.7. The Bertz CT molecular complexity index is 989. The summed E-state index contributed by atoms with van der Waals surface area (Å²) in [6, 6.07) is 11.5. The summed E-state index contributed by atoms with van der Waals surface area (Å²) in [6.45, 7) is 8.51. The number of para-hydroxylation sites is 1. The Hall–Kier alpha value is -2.73. The second kappa shape index (κ2) is 7.72. The molecule has 4 rings (SSSR count). The maximum absolute atomic E-state index is 12.9. The van der Waals surface area contributed by atoms with E-state index in [1.54, 1.807) is 7.11 Å². The van der Waals surface area contributed by atoms with E-state index in [1.807, 2.05) is 48.2 Å². The summed E-state index contributed by atoms with van der Waals surface area (Å²) in [4.78, 5) is 17.2. The van der Waals surface area contributed by atoms with Crippen LogP contribution < -0.4 is 10.1 Å². The van der Waals surface area contributed by atoms with Crippen LogP contribution in [0, 0.1) is 0 Å². The number of benzene rings is 2. The molecule has 2 heterocycles. The van der Waals surface area contributed by atoms with Gasteiger partial charge in [0.1, 0.15) is 23.0 Å². The zero-order valence-electron chi connectivity index (χ0n) is 16.7. The lowest BCUT2D eigenvalue weighted by Crippen LogP contribution is -2.52. The third-order valence-electron chi connectivity index (χ3n) is 5.57. The van der Waals surface area contributed by atoms with Crippen molar-refractivity contribution < 1.29 is 13.9 Å². The van der Waals surface area contributed by atoms with Gasteiger partial charge in [0.15, 0.2) is 0 Å². The van der Waals surface area contributed by atoms with Gasteiger partial charge in [0.25, 0.3) is 0 Å². The number of rotatable bonds is 5. The van der Waals surface area contributed by atoms with E-state index in [-0.39, 0.29) is 11.9 Å². The third-order valence-corrected chi connectivity index (χ3v) is 5.57. The summed E-state index contributed by atoms with van der Waals surface area (Å²) < 4.78 is 11.6. The van der Waals surface area contributed by atoms with Gasteiger partial charge in [0.2, 0.25) is 5.91 Å². The van der Waals surface area contributed by atoms with Crippen molar-refractivity contribution in [1.29, 1.82) is 0 Å². The number of carbonyl (C=O) groups excluding carboxylic acids is 1. The minimum atomic E-state index is -0.344. The van der Waals surface area contributed by atoms with Crippen LogP contribution in [0.5, 0.6) is 5.75 Å². The van der Waals surface area contributed by atoms with Crippen LogP contribution >= 0.6 is 0 Å². The maximum atomic E-state index is 12.9. The van der Waals surface area contributed by atoms with E-state index >= 15 is 0 Å². The van der Waals surface area contributed by atoms with Crippen molar-refractivity contribution in [2.24, 2.45) is 0 Å². The van der Waals surface area contributed by atoms with Gasteiger partial charge in [0.05, 0.1) is 12.8 Å². The first-order valence-corrected chi connectivity index (χ1v) is 9.87. The normalized spacial score (nSPS) is 16.5. The molecule has 6 nitrogen and oxygen atoms in total. The highest BCUT2D eigenvalue weighted by Gasteiger charge is 2.25. The summed E-state index contributed by atoms with van der Waals surface area (Å²) in [7, 11) is 1.64. The molecule has 3 aromatic rings. The molecule has 1 aromatic heterocycles. The number of nitrogens with zero attached hydrogens (tertiary/aromatic N) is 2. The summed E-state index contributed by atoms with van der Waals surface area (Å²) in [6.07, 6.45) is 0. The first kappa shape index (κ1) is 18.6. The number of fused-ring (bicyclic) bond motifs is 3. The average molecular weight is 381 g/mol. The van der Waals surface area contributed by atoms with Crippen LogP contribution in [0.25, 0.3) is 21.9 Å². The number of methoxy groups -OCH3 is 1. The first-order chi connectivity index (χ1) is 13.6. The van der Waals surface area contributed by atoms with Gasteiger partial charge in [-0.15, -0.1) is 0 Å². The fraction of sp³-hybridized carbons (Fsp3) is 0.409. The van der Waals surface area contributed by atoms with Crippen molar-refractivity contribution in [3.63, 3.8) is 0 Å². The molecule has 0 radical (unpaired) electrons. The molecule has 1 amide bonds.